The summed E-state index contributed by atoms with van der Waals surface area (Å²) in [7, 11) is 0. The maximum absolute atomic E-state index is 12.2. The van der Waals surface area contributed by atoms with E-state index in [4.69, 9.17) is 12.2 Å². The number of hydrogen-bond acceptors (Lipinski definition) is 2. The van der Waals surface area contributed by atoms with Crippen LogP contribution in [-0.4, -0.2) is 11.0 Å². The summed E-state index contributed by atoms with van der Waals surface area (Å²) >= 11 is 5.18. The van der Waals surface area contributed by atoms with E-state index in [1.165, 1.54) is 5.56 Å². The Morgan fingerprint density at radius 2 is 1.82 bits per heavy atom. The smallest absolute Gasteiger partial charge is 0.257 e. The quantitative estimate of drug-likeness (QED) is 0.815. The van der Waals surface area contributed by atoms with Crippen LogP contribution in [0.3, 0.4) is 0 Å². The monoisotopic (exact) mass is 314 g/mol. The maximum Gasteiger partial charge on any atom is 0.257 e. The molecular weight excluding hydrogens is 292 g/mol. The largest absolute Gasteiger partial charge is 0.333 e. The highest BCUT2D eigenvalue weighted by Crippen LogP contribution is 2.22. The van der Waals surface area contributed by atoms with Gasteiger partial charge in [-0.3, -0.25) is 10.1 Å². The molecule has 0 aromatic heterocycles. The molecule has 0 heterocycles. The SMILES string of the molecule is CC(C)(C)c1ccc(C(=O)NC(=S)NC2=CCCC=C2)cc1. The van der Waals surface area contributed by atoms with Gasteiger partial charge in [0.2, 0.25) is 0 Å². The number of hydrogen-bond donors (Lipinski definition) is 2. The minimum absolute atomic E-state index is 0.0751. The fourth-order valence-corrected chi connectivity index (χ4v) is 2.38. The van der Waals surface area contributed by atoms with E-state index in [1.807, 2.05) is 30.3 Å². The molecule has 116 valence electrons. The van der Waals surface area contributed by atoms with E-state index in [0.717, 1.165) is 18.5 Å². The van der Waals surface area contributed by atoms with Gasteiger partial charge in [0.15, 0.2) is 5.11 Å². The minimum atomic E-state index is -0.196. The molecular formula is C18H22N2OS. The number of nitrogens with one attached hydrogen (secondary N) is 2. The summed E-state index contributed by atoms with van der Waals surface area (Å²) in [5, 5.41) is 6.06. The number of carbonyl (C=O) groups excluding carboxylic acids is 1. The summed E-state index contributed by atoms with van der Waals surface area (Å²) in [6.07, 6.45) is 8.16. The van der Waals surface area contributed by atoms with Crippen LogP contribution in [0.15, 0.2) is 48.2 Å². The van der Waals surface area contributed by atoms with Gasteiger partial charge in [-0.15, -0.1) is 0 Å². The third kappa shape index (κ3) is 4.53. The molecule has 1 amide bonds. The average molecular weight is 314 g/mol. The first-order chi connectivity index (χ1) is 10.4. The van der Waals surface area contributed by atoms with Crippen molar-refractivity contribution in [3.63, 3.8) is 0 Å². The zero-order chi connectivity index (χ0) is 16.2. The van der Waals surface area contributed by atoms with Gasteiger partial charge in [-0.1, -0.05) is 45.1 Å². The molecule has 0 aliphatic heterocycles. The predicted molar refractivity (Wildman–Crippen MR) is 94.8 cm³/mol. The molecule has 1 aliphatic rings. The van der Waals surface area contributed by atoms with Gasteiger partial charge in [0, 0.05) is 11.3 Å². The number of rotatable bonds is 2. The fourth-order valence-electron chi connectivity index (χ4n) is 2.17. The van der Waals surface area contributed by atoms with Crippen LogP contribution >= 0.6 is 12.2 Å². The lowest BCUT2D eigenvalue weighted by molar-refractivity contribution is 0.0977. The molecule has 3 nitrogen and oxygen atoms in total. The fraction of sp³-hybridized carbons (Fsp3) is 0.333. The zero-order valence-corrected chi connectivity index (χ0v) is 14.1. The van der Waals surface area contributed by atoms with Gasteiger partial charge in [-0.25, -0.2) is 0 Å². The van der Waals surface area contributed by atoms with Crippen molar-refractivity contribution in [2.24, 2.45) is 0 Å². The second-order valence-corrected chi connectivity index (χ2v) is 6.78. The Morgan fingerprint density at radius 3 is 2.36 bits per heavy atom. The third-order valence-electron chi connectivity index (χ3n) is 3.49. The summed E-state index contributed by atoms with van der Waals surface area (Å²) < 4.78 is 0. The molecule has 1 aromatic carbocycles. The molecule has 2 N–H and O–H groups in total. The summed E-state index contributed by atoms with van der Waals surface area (Å²) in [6, 6.07) is 7.63. The van der Waals surface area contributed by atoms with E-state index in [-0.39, 0.29) is 11.3 Å². The van der Waals surface area contributed by atoms with Crippen LogP contribution in [-0.2, 0) is 5.41 Å². The van der Waals surface area contributed by atoms with Gasteiger partial charge < -0.3 is 5.32 Å². The minimum Gasteiger partial charge on any atom is -0.333 e. The Hall–Kier alpha value is -1.94. The summed E-state index contributed by atoms with van der Waals surface area (Å²) in [5.74, 6) is -0.196. The van der Waals surface area contributed by atoms with Crippen LogP contribution in [0, 0.1) is 0 Å². The van der Waals surface area contributed by atoms with Crippen molar-refractivity contribution in [2.45, 2.75) is 39.0 Å². The Labute approximate surface area is 137 Å². The molecule has 2 rings (SSSR count). The summed E-state index contributed by atoms with van der Waals surface area (Å²) in [4.78, 5) is 12.2. The van der Waals surface area contributed by atoms with Crippen molar-refractivity contribution in [3.8, 4) is 0 Å². The highest BCUT2D eigenvalue weighted by molar-refractivity contribution is 7.80. The van der Waals surface area contributed by atoms with E-state index < -0.39 is 0 Å². The van der Waals surface area contributed by atoms with Crippen molar-refractivity contribution in [1.82, 2.24) is 10.6 Å². The first kappa shape index (κ1) is 16.4. The van der Waals surface area contributed by atoms with Crippen LogP contribution in [0.4, 0.5) is 0 Å². The predicted octanol–water partition coefficient (Wildman–Crippen LogP) is 3.82. The van der Waals surface area contributed by atoms with Crippen LogP contribution in [0.25, 0.3) is 0 Å². The highest BCUT2D eigenvalue weighted by atomic mass is 32.1. The molecule has 0 saturated carbocycles. The molecule has 0 spiro atoms. The lowest BCUT2D eigenvalue weighted by Gasteiger charge is -2.19. The van der Waals surface area contributed by atoms with Gasteiger partial charge in [-0.05, 0) is 54.2 Å². The topological polar surface area (TPSA) is 41.1 Å². The Bertz CT molecular complexity index is 621. The Kier molecular flexibility index (Phi) is 5.14. The second-order valence-electron chi connectivity index (χ2n) is 6.37. The second kappa shape index (κ2) is 6.88. The standard InChI is InChI=1S/C18H22N2OS/c1-18(2,3)14-11-9-13(10-12-14)16(21)20-17(22)19-15-7-5-4-6-8-15/h5,7-12H,4,6H2,1-3H3,(H2,19,20,21,22). The van der Waals surface area contributed by atoms with E-state index in [9.17, 15) is 4.79 Å². The molecule has 0 saturated heterocycles. The van der Waals surface area contributed by atoms with Gasteiger partial charge in [0.25, 0.3) is 5.91 Å². The molecule has 0 radical (unpaired) electrons. The average Bonchev–Trinajstić information content (AvgIpc) is 2.47. The van der Waals surface area contributed by atoms with Crippen LogP contribution in [0.5, 0.6) is 0 Å². The van der Waals surface area contributed by atoms with E-state index in [2.05, 4.69) is 43.6 Å². The van der Waals surface area contributed by atoms with E-state index in [0.29, 0.717) is 10.7 Å². The number of benzene rings is 1. The van der Waals surface area contributed by atoms with Crippen LogP contribution in [0.2, 0.25) is 0 Å². The molecule has 0 fully saturated rings. The first-order valence-corrected chi connectivity index (χ1v) is 7.87. The Balaban J connectivity index is 1.95. The molecule has 4 heteroatoms. The van der Waals surface area contributed by atoms with Crippen LogP contribution in [0.1, 0.15) is 49.5 Å². The molecule has 0 bridgehead atoms. The van der Waals surface area contributed by atoms with E-state index in [1.54, 1.807) is 0 Å². The van der Waals surface area contributed by atoms with Crippen molar-refractivity contribution in [2.75, 3.05) is 0 Å². The van der Waals surface area contributed by atoms with Crippen LogP contribution < -0.4 is 10.6 Å². The van der Waals surface area contributed by atoms with E-state index >= 15 is 0 Å². The van der Waals surface area contributed by atoms with Gasteiger partial charge in [-0.2, -0.15) is 0 Å². The van der Waals surface area contributed by atoms with Gasteiger partial charge >= 0.3 is 0 Å². The third-order valence-corrected chi connectivity index (χ3v) is 3.70. The van der Waals surface area contributed by atoms with Crippen molar-refractivity contribution in [3.05, 3.63) is 59.3 Å². The maximum atomic E-state index is 12.2. The molecule has 0 atom stereocenters. The van der Waals surface area contributed by atoms with Gasteiger partial charge in [0.05, 0.1) is 0 Å². The molecule has 1 aliphatic carbocycles. The first-order valence-electron chi connectivity index (χ1n) is 7.46. The lowest BCUT2D eigenvalue weighted by Crippen LogP contribution is -2.38. The normalized spacial score (nSPS) is 14.2. The molecule has 0 unspecified atom stereocenters. The highest BCUT2D eigenvalue weighted by Gasteiger charge is 2.14. The van der Waals surface area contributed by atoms with Crippen molar-refractivity contribution >= 4 is 23.2 Å². The number of thiocarbonyl (C=S) groups is 1. The molecule has 1 aromatic rings. The number of carbonyl (C=O) groups is 1. The zero-order valence-electron chi connectivity index (χ0n) is 13.3. The van der Waals surface area contributed by atoms with Crippen molar-refractivity contribution < 1.29 is 4.79 Å². The Morgan fingerprint density at radius 1 is 1.14 bits per heavy atom. The molecule has 22 heavy (non-hydrogen) atoms. The number of amides is 1. The number of allylic oxidation sites excluding steroid dienone is 3. The van der Waals surface area contributed by atoms with Gasteiger partial charge in [0.1, 0.15) is 0 Å². The van der Waals surface area contributed by atoms with Crippen molar-refractivity contribution in [1.29, 1.82) is 0 Å². The summed E-state index contributed by atoms with van der Waals surface area (Å²) in [5.41, 5.74) is 2.80. The lowest BCUT2D eigenvalue weighted by atomic mass is 9.87. The summed E-state index contributed by atoms with van der Waals surface area (Å²) in [6.45, 7) is 6.44.